The number of aryl methyl sites for hydroxylation is 1. The van der Waals surface area contributed by atoms with Crippen molar-refractivity contribution in [1.29, 1.82) is 0 Å². The lowest BCUT2D eigenvalue weighted by molar-refractivity contribution is 0.102. The Hall–Kier alpha value is -2.14. The van der Waals surface area contributed by atoms with Gasteiger partial charge in [-0.05, 0) is 36.8 Å². The molecule has 0 saturated heterocycles. The number of amides is 1. The Morgan fingerprint density at radius 3 is 2.95 bits per heavy atom. The standard InChI is InChI=1S/C15H12BrN3O/c1-9-2-5-12(16)7-13(9)18-15(20)10-3-4-11-8-17-19-14(11)6-10/h2-8H,1H3,(H,17,19)(H,18,20). The molecular formula is C15H12BrN3O. The Balaban J connectivity index is 1.90. The molecule has 0 aliphatic carbocycles. The zero-order valence-electron chi connectivity index (χ0n) is 10.8. The number of anilines is 1. The van der Waals surface area contributed by atoms with Crippen molar-refractivity contribution < 1.29 is 4.79 Å². The number of aromatic amines is 1. The van der Waals surface area contributed by atoms with E-state index in [0.29, 0.717) is 5.56 Å². The average Bonchev–Trinajstić information content (AvgIpc) is 2.90. The van der Waals surface area contributed by atoms with Crippen LogP contribution < -0.4 is 5.32 Å². The van der Waals surface area contributed by atoms with E-state index in [-0.39, 0.29) is 5.91 Å². The first-order chi connectivity index (χ1) is 9.63. The fraction of sp³-hybridized carbons (Fsp3) is 0.0667. The van der Waals surface area contributed by atoms with Gasteiger partial charge in [0, 0.05) is 21.1 Å². The van der Waals surface area contributed by atoms with Crippen molar-refractivity contribution in [2.75, 3.05) is 5.32 Å². The van der Waals surface area contributed by atoms with Crippen molar-refractivity contribution in [3.63, 3.8) is 0 Å². The Bertz CT molecular complexity index is 795. The molecule has 2 N–H and O–H groups in total. The zero-order valence-corrected chi connectivity index (χ0v) is 12.4. The summed E-state index contributed by atoms with van der Waals surface area (Å²) in [4.78, 5) is 12.3. The SMILES string of the molecule is Cc1ccc(Br)cc1NC(=O)c1ccc2cn[nH]c2c1. The van der Waals surface area contributed by atoms with E-state index in [1.165, 1.54) is 0 Å². The first-order valence-corrected chi connectivity index (χ1v) is 6.93. The van der Waals surface area contributed by atoms with Crippen LogP contribution in [0.3, 0.4) is 0 Å². The van der Waals surface area contributed by atoms with Crippen molar-refractivity contribution in [2.45, 2.75) is 6.92 Å². The smallest absolute Gasteiger partial charge is 0.255 e. The lowest BCUT2D eigenvalue weighted by Crippen LogP contribution is -2.12. The monoisotopic (exact) mass is 329 g/mol. The van der Waals surface area contributed by atoms with Gasteiger partial charge in [0.25, 0.3) is 5.91 Å². The highest BCUT2D eigenvalue weighted by Crippen LogP contribution is 2.22. The number of rotatable bonds is 2. The van der Waals surface area contributed by atoms with Crippen LogP contribution in [0.25, 0.3) is 10.9 Å². The summed E-state index contributed by atoms with van der Waals surface area (Å²) in [6.07, 6.45) is 1.73. The van der Waals surface area contributed by atoms with Crippen LogP contribution in [-0.2, 0) is 0 Å². The molecule has 0 bridgehead atoms. The van der Waals surface area contributed by atoms with Crippen LogP contribution in [0.15, 0.2) is 47.1 Å². The summed E-state index contributed by atoms with van der Waals surface area (Å²) in [7, 11) is 0. The fourth-order valence-electron chi connectivity index (χ4n) is 2.00. The second-order valence-electron chi connectivity index (χ2n) is 4.59. The third kappa shape index (κ3) is 2.44. The van der Waals surface area contributed by atoms with E-state index < -0.39 is 0 Å². The summed E-state index contributed by atoms with van der Waals surface area (Å²) >= 11 is 3.41. The van der Waals surface area contributed by atoms with Gasteiger partial charge in [-0.1, -0.05) is 28.1 Å². The summed E-state index contributed by atoms with van der Waals surface area (Å²) in [6, 6.07) is 11.3. The molecule has 1 heterocycles. The third-order valence-corrected chi connectivity index (χ3v) is 3.65. The van der Waals surface area contributed by atoms with E-state index in [0.717, 1.165) is 26.6 Å². The molecule has 4 nitrogen and oxygen atoms in total. The first-order valence-electron chi connectivity index (χ1n) is 6.14. The van der Waals surface area contributed by atoms with Gasteiger partial charge in [-0.3, -0.25) is 9.89 Å². The van der Waals surface area contributed by atoms with Crippen molar-refractivity contribution >= 4 is 38.4 Å². The minimum absolute atomic E-state index is 0.136. The number of carbonyl (C=O) groups excluding carboxylic acids is 1. The number of H-pyrrole nitrogens is 1. The Kier molecular flexibility index (Phi) is 3.28. The number of carbonyl (C=O) groups is 1. The van der Waals surface area contributed by atoms with Crippen molar-refractivity contribution in [1.82, 2.24) is 10.2 Å². The molecular weight excluding hydrogens is 318 g/mol. The minimum Gasteiger partial charge on any atom is -0.322 e. The number of hydrogen-bond acceptors (Lipinski definition) is 2. The van der Waals surface area contributed by atoms with Crippen molar-refractivity contribution in [2.24, 2.45) is 0 Å². The first kappa shape index (κ1) is 12.9. The van der Waals surface area contributed by atoms with Gasteiger partial charge in [-0.15, -0.1) is 0 Å². The number of halogens is 1. The van der Waals surface area contributed by atoms with Gasteiger partial charge < -0.3 is 5.32 Å². The number of nitrogens with zero attached hydrogens (tertiary/aromatic N) is 1. The number of aromatic nitrogens is 2. The molecule has 0 aliphatic rings. The lowest BCUT2D eigenvalue weighted by atomic mass is 10.1. The molecule has 0 fully saturated rings. The van der Waals surface area contributed by atoms with Gasteiger partial charge in [-0.2, -0.15) is 5.10 Å². The molecule has 0 aliphatic heterocycles. The second-order valence-corrected chi connectivity index (χ2v) is 5.50. The highest BCUT2D eigenvalue weighted by atomic mass is 79.9. The van der Waals surface area contributed by atoms with E-state index in [4.69, 9.17) is 0 Å². The maximum Gasteiger partial charge on any atom is 0.255 e. The fourth-order valence-corrected chi connectivity index (χ4v) is 2.36. The van der Waals surface area contributed by atoms with Crippen LogP contribution in [0, 0.1) is 6.92 Å². The van der Waals surface area contributed by atoms with Gasteiger partial charge in [0.15, 0.2) is 0 Å². The van der Waals surface area contributed by atoms with Crippen LogP contribution in [0.5, 0.6) is 0 Å². The maximum absolute atomic E-state index is 12.3. The van der Waals surface area contributed by atoms with E-state index in [1.807, 2.05) is 31.2 Å². The average molecular weight is 330 g/mol. The van der Waals surface area contributed by atoms with E-state index in [1.54, 1.807) is 18.3 Å². The highest BCUT2D eigenvalue weighted by Gasteiger charge is 2.09. The molecule has 1 aromatic heterocycles. The molecule has 100 valence electrons. The summed E-state index contributed by atoms with van der Waals surface area (Å²) in [5.41, 5.74) is 3.27. The normalized spacial score (nSPS) is 10.7. The predicted octanol–water partition coefficient (Wildman–Crippen LogP) is 3.89. The molecule has 0 saturated carbocycles. The number of benzene rings is 2. The third-order valence-electron chi connectivity index (χ3n) is 3.15. The van der Waals surface area contributed by atoms with Crippen LogP contribution in [0.4, 0.5) is 5.69 Å². The number of nitrogens with one attached hydrogen (secondary N) is 2. The van der Waals surface area contributed by atoms with E-state index in [9.17, 15) is 4.79 Å². The Labute approximate surface area is 124 Å². The van der Waals surface area contributed by atoms with Crippen LogP contribution in [0.1, 0.15) is 15.9 Å². The second kappa shape index (κ2) is 5.09. The van der Waals surface area contributed by atoms with Gasteiger partial charge in [0.2, 0.25) is 0 Å². The minimum atomic E-state index is -0.136. The van der Waals surface area contributed by atoms with Crippen LogP contribution in [-0.4, -0.2) is 16.1 Å². The van der Waals surface area contributed by atoms with Gasteiger partial charge in [0.05, 0.1) is 11.7 Å². The number of hydrogen-bond donors (Lipinski definition) is 2. The molecule has 5 heteroatoms. The lowest BCUT2D eigenvalue weighted by Gasteiger charge is -2.09. The van der Waals surface area contributed by atoms with Crippen LogP contribution in [0.2, 0.25) is 0 Å². The van der Waals surface area contributed by atoms with Gasteiger partial charge >= 0.3 is 0 Å². The molecule has 20 heavy (non-hydrogen) atoms. The molecule has 2 aromatic carbocycles. The van der Waals surface area contributed by atoms with Crippen molar-refractivity contribution in [3.05, 3.63) is 58.2 Å². The summed E-state index contributed by atoms with van der Waals surface area (Å²) in [6.45, 7) is 1.96. The van der Waals surface area contributed by atoms with Gasteiger partial charge in [-0.25, -0.2) is 0 Å². The Morgan fingerprint density at radius 2 is 2.10 bits per heavy atom. The molecule has 3 aromatic rings. The van der Waals surface area contributed by atoms with E-state index >= 15 is 0 Å². The predicted molar refractivity (Wildman–Crippen MR) is 82.9 cm³/mol. The van der Waals surface area contributed by atoms with E-state index in [2.05, 4.69) is 31.4 Å². The highest BCUT2D eigenvalue weighted by molar-refractivity contribution is 9.10. The Morgan fingerprint density at radius 1 is 1.25 bits per heavy atom. The largest absolute Gasteiger partial charge is 0.322 e. The molecule has 0 radical (unpaired) electrons. The summed E-state index contributed by atoms with van der Waals surface area (Å²) in [5, 5.41) is 10.7. The van der Waals surface area contributed by atoms with Crippen molar-refractivity contribution in [3.8, 4) is 0 Å². The number of fused-ring (bicyclic) bond motifs is 1. The molecule has 0 atom stereocenters. The molecule has 0 unspecified atom stereocenters. The summed E-state index contributed by atoms with van der Waals surface area (Å²) in [5.74, 6) is -0.136. The molecule has 1 amide bonds. The molecule has 0 spiro atoms. The zero-order chi connectivity index (χ0) is 14.1. The van der Waals surface area contributed by atoms with Crippen LogP contribution >= 0.6 is 15.9 Å². The summed E-state index contributed by atoms with van der Waals surface area (Å²) < 4.78 is 0.933. The topological polar surface area (TPSA) is 57.8 Å². The van der Waals surface area contributed by atoms with Gasteiger partial charge in [0.1, 0.15) is 0 Å². The maximum atomic E-state index is 12.3. The molecule has 3 rings (SSSR count). The quantitative estimate of drug-likeness (QED) is 0.749.